The second-order valence-corrected chi connectivity index (χ2v) is 6.38. The molecule has 14 heteroatoms. The van der Waals surface area contributed by atoms with Crippen molar-refractivity contribution < 1.29 is 32.2 Å². The number of alkyl halides is 3. The average Bonchev–Trinajstić information content (AvgIpc) is 3.03. The van der Waals surface area contributed by atoms with Crippen LogP contribution >= 0.6 is 0 Å². The zero-order valence-corrected chi connectivity index (χ0v) is 16.4. The highest BCUT2D eigenvalue weighted by molar-refractivity contribution is 5.73. The number of nitrogens with zero attached hydrogens (tertiary/aromatic N) is 7. The largest absolute Gasteiger partial charge is 0.490 e. The molecule has 0 spiro atoms. The Labute approximate surface area is 178 Å². The van der Waals surface area contributed by atoms with Crippen LogP contribution in [0, 0.1) is 5.82 Å². The quantitative estimate of drug-likeness (QED) is 0.588. The number of aliphatic carboxylic acids is 1. The van der Waals surface area contributed by atoms with Crippen molar-refractivity contribution >= 4 is 11.9 Å². The molecule has 3 aromatic rings. The number of hydrogen-bond donors (Lipinski definition) is 1. The van der Waals surface area contributed by atoms with Gasteiger partial charge in [-0.1, -0.05) is 6.07 Å². The number of halogens is 4. The molecule has 0 saturated heterocycles. The van der Waals surface area contributed by atoms with Crippen molar-refractivity contribution in [2.45, 2.75) is 25.7 Å². The summed E-state index contributed by atoms with van der Waals surface area (Å²) in [6.45, 7) is 2.37. The minimum absolute atomic E-state index is 0.303. The van der Waals surface area contributed by atoms with E-state index in [4.69, 9.17) is 14.6 Å². The summed E-state index contributed by atoms with van der Waals surface area (Å²) < 4.78 is 52.4. The van der Waals surface area contributed by atoms with E-state index in [2.05, 4.69) is 25.1 Å². The van der Waals surface area contributed by atoms with Gasteiger partial charge in [0.05, 0.1) is 12.4 Å². The van der Waals surface area contributed by atoms with Crippen LogP contribution in [0.25, 0.3) is 0 Å². The Morgan fingerprint density at radius 1 is 1.09 bits per heavy atom. The van der Waals surface area contributed by atoms with Gasteiger partial charge >= 0.3 is 12.1 Å². The molecule has 1 aliphatic rings. The van der Waals surface area contributed by atoms with E-state index in [9.17, 15) is 17.6 Å². The van der Waals surface area contributed by atoms with E-state index in [1.54, 1.807) is 12.3 Å². The first-order chi connectivity index (χ1) is 15.2. The first-order valence-corrected chi connectivity index (χ1v) is 9.21. The number of rotatable bonds is 4. The molecule has 0 radical (unpaired) electrons. The van der Waals surface area contributed by atoms with Gasteiger partial charge in [0.1, 0.15) is 12.4 Å². The molecule has 32 heavy (non-hydrogen) atoms. The Morgan fingerprint density at radius 3 is 2.44 bits per heavy atom. The number of ether oxygens (including phenoxy) is 1. The maximum absolute atomic E-state index is 13.0. The zero-order chi connectivity index (χ0) is 23.1. The molecule has 0 fully saturated rings. The standard InChI is InChI=1S/C16H16FN7O.C2HF3O2/c17-12-9-19-16(20-10-12)23-6-4-13-21-22-14(24(13)8-7-23)11-25-15-3-1-2-5-18-15;3-2(4,5)1(6)7/h1-3,5,9-10H,4,6-8,11H2;(H,6,7). The van der Waals surface area contributed by atoms with Crippen molar-refractivity contribution in [3.8, 4) is 5.88 Å². The minimum atomic E-state index is -5.08. The van der Waals surface area contributed by atoms with Gasteiger partial charge in [0.25, 0.3) is 0 Å². The van der Waals surface area contributed by atoms with E-state index in [0.29, 0.717) is 44.5 Å². The van der Waals surface area contributed by atoms with Crippen LogP contribution < -0.4 is 9.64 Å². The lowest BCUT2D eigenvalue weighted by Gasteiger charge is -2.19. The van der Waals surface area contributed by atoms with Crippen molar-refractivity contribution in [1.29, 1.82) is 0 Å². The number of hydrogen-bond acceptors (Lipinski definition) is 8. The number of anilines is 1. The van der Waals surface area contributed by atoms with E-state index >= 15 is 0 Å². The molecule has 0 bridgehead atoms. The number of carboxylic acid groups (broad SMARTS) is 1. The Bertz CT molecular complexity index is 1030. The molecule has 4 rings (SSSR count). The van der Waals surface area contributed by atoms with Gasteiger partial charge in [0, 0.05) is 38.3 Å². The van der Waals surface area contributed by atoms with Crippen LogP contribution in [0.2, 0.25) is 0 Å². The molecular formula is C18H17F4N7O3. The molecule has 0 saturated carbocycles. The lowest BCUT2D eigenvalue weighted by atomic mass is 10.4. The molecule has 3 aromatic heterocycles. The van der Waals surface area contributed by atoms with Crippen molar-refractivity contribution in [1.82, 2.24) is 29.7 Å². The molecule has 0 aromatic carbocycles. The second-order valence-electron chi connectivity index (χ2n) is 6.38. The Kier molecular flexibility index (Phi) is 7.12. The van der Waals surface area contributed by atoms with Crippen LogP contribution in [0.1, 0.15) is 11.6 Å². The van der Waals surface area contributed by atoms with Crippen molar-refractivity contribution in [3.63, 3.8) is 0 Å². The molecule has 0 unspecified atom stereocenters. The van der Waals surface area contributed by atoms with Gasteiger partial charge in [0.2, 0.25) is 11.8 Å². The predicted molar refractivity (Wildman–Crippen MR) is 100 cm³/mol. The van der Waals surface area contributed by atoms with Gasteiger partial charge in [-0.3, -0.25) is 0 Å². The van der Waals surface area contributed by atoms with Crippen LogP contribution in [0.5, 0.6) is 5.88 Å². The maximum atomic E-state index is 13.0. The van der Waals surface area contributed by atoms with E-state index in [0.717, 1.165) is 11.6 Å². The molecule has 0 aliphatic carbocycles. The second kappa shape index (κ2) is 9.98. The third kappa shape index (κ3) is 6.09. The third-order valence-corrected chi connectivity index (χ3v) is 4.22. The fourth-order valence-corrected chi connectivity index (χ4v) is 2.73. The first-order valence-electron chi connectivity index (χ1n) is 9.21. The highest BCUT2D eigenvalue weighted by atomic mass is 19.4. The van der Waals surface area contributed by atoms with Crippen molar-refractivity contribution in [2.75, 3.05) is 18.0 Å². The van der Waals surface area contributed by atoms with Crippen LogP contribution in [0.4, 0.5) is 23.5 Å². The molecule has 4 heterocycles. The van der Waals surface area contributed by atoms with E-state index in [1.165, 1.54) is 12.4 Å². The Balaban J connectivity index is 0.000000360. The van der Waals surface area contributed by atoms with E-state index in [-0.39, 0.29) is 0 Å². The van der Waals surface area contributed by atoms with Crippen LogP contribution in [-0.2, 0) is 24.4 Å². The molecule has 170 valence electrons. The summed E-state index contributed by atoms with van der Waals surface area (Å²) in [5.41, 5.74) is 0. The van der Waals surface area contributed by atoms with Gasteiger partial charge < -0.3 is 19.3 Å². The van der Waals surface area contributed by atoms with Crippen molar-refractivity contribution in [3.05, 3.63) is 54.3 Å². The fourth-order valence-electron chi connectivity index (χ4n) is 2.73. The van der Waals surface area contributed by atoms with Gasteiger partial charge in [-0.25, -0.2) is 24.1 Å². The summed E-state index contributed by atoms with van der Waals surface area (Å²) in [5, 5.41) is 15.6. The maximum Gasteiger partial charge on any atom is 0.490 e. The molecular weight excluding hydrogens is 438 g/mol. The van der Waals surface area contributed by atoms with Crippen LogP contribution in [0.3, 0.4) is 0 Å². The number of carboxylic acids is 1. The molecule has 1 aliphatic heterocycles. The highest BCUT2D eigenvalue weighted by Crippen LogP contribution is 2.15. The summed E-state index contributed by atoms with van der Waals surface area (Å²) in [7, 11) is 0. The van der Waals surface area contributed by atoms with Crippen molar-refractivity contribution in [2.24, 2.45) is 0 Å². The molecule has 0 amide bonds. The topological polar surface area (TPSA) is 119 Å². The van der Waals surface area contributed by atoms with Gasteiger partial charge in [0.15, 0.2) is 11.6 Å². The van der Waals surface area contributed by atoms with Gasteiger partial charge in [-0.05, 0) is 6.07 Å². The number of aromatic nitrogens is 6. The number of pyridine rings is 1. The third-order valence-electron chi connectivity index (χ3n) is 4.22. The van der Waals surface area contributed by atoms with Crippen LogP contribution in [0.15, 0.2) is 36.8 Å². The monoisotopic (exact) mass is 455 g/mol. The number of fused-ring (bicyclic) bond motifs is 1. The summed E-state index contributed by atoms with van der Waals surface area (Å²) >= 11 is 0. The molecule has 10 nitrogen and oxygen atoms in total. The summed E-state index contributed by atoms with van der Waals surface area (Å²) in [6, 6.07) is 5.50. The number of carbonyl (C=O) groups is 1. The first kappa shape index (κ1) is 22.8. The van der Waals surface area contributed by atoms with Crippen LogP contribution in [-0.4, -0.2) is 60.1 Å². The minimum Gasteiger partial charge on any atom is -0.475 e. The van der Waals surface area contributed by atoms with Gasteiger partial charge in [-0.15, -0.1) is 10.2 Å². The lowest BCUT2D eigenvalue weighted by Crippen LogP contribution is -2.28. The smallest absolute Gasteiger partial charge is 0.475 e. The van der Waals surface area contributed by atoms with E-state index in [1.807, 2.05) is 21.6 Å². The predicted octanol–water partition coefficient (Wildman–Crippen LogP) is 1.88. The molecule has 0 atom stereocenters. The summed E-state index contributed by atoms with van der Waals surface area (Å²) in [4.78, 5) is 23.1. The van der Waals surface area contributed by atoms with E-state index < -0.39 is 18.0 Å². The normalized spacial score (nSPS) is 13.4. The summed E-state index contributed by atoms with van der Waals surface area (Å²) in [5.74, 6) is -0.481. The van der Waals surface area contributed by atoms with Gasteiger partial charge in [-0.2, -0.15) is 13.2 Å². The summed E-state index contributed by atoms with van der Waals surface area (Å²) in [6.07, 6.45) is -0.337. The SMILES string of the molecule is Fc1cnc(N2CCc3nnc(COc4ccccn4)n3CC2)nc1.O=C(O)C(F)(F)F. The highest BCUT2D eigenvalue weighted by Gasteiger charge is 2.38. The average molecular weight is 455 g/mol. The molecule has 1 N–H and O–H groups in total. The Hall–Kier alpha value is -3.84. The Morgan fingerprint density at radius 2 is 1.81 bits per heavy atom. The fraction of sp³-hybridized carbons (Fsp3) is 0.333. The lowest BCUT2D eigenvalue weighted by molar-refractivity contribution is -0.192. The zero-order valence-electron chi connectivity index (χ0n) is 16.4.